The van der Waals surface area contributed by atoms with Crippen LogP contribution in [0.25, 0.3) is 11.0 Å². The average Bonchev–Trinajstić information content (AvgIpc) is 3.12. The molecule has 164 valence electrons. The third kappa shape index (κ3) is 4.35. The van der Waals surface area contributed by atoms with Crippen LogP contribution in [0.1, 0.15) is 35.5 Å². The molecule has 0 spiro atoms. The fourth-order valence-electron chi connectivity index (χ4n) is 3.78. The normalized spacial score (nSPS) is 12.0. The van der Waals surface area contributed by atoms with E-state index in [9.17, 15) is 9.18 Å². The molecule has 3 aromatic carbocycles. The van der Waals surface area contributed by atoms with Crippen molar-refractivity contribution in [1.82, 2.24) is 9.55 Å². The lowest BCUT2D eigenvalue weighted by Crippen LogP contribution is -2.25. The maximum absolute atomic E-state index is 13.4. The Balaban J connectivity index is 1.71. The third-order valence-corrected chi connectivity index (χ3v) is 5.78. The number of hydrogen-bond donors (Lipinski definition) is 1. The van der Waals surface area contributed by atoms with Gasteiger partial charge in [0, 0.05) is 12.1 Å². The van der Waals surface area contributed by atoms with Crippen LogP contribution in [0.3, 0.4) is 0 Å². The fourth-order valence-corrected chi connectivity index (χ4v) is 3.78. The van der Waals surface area contributed by atoms with E-state index in [4.69, 9.17) is 9.72 Å². The fraction of sp³-hybridized carbons (Fsp3) is 0.231. The minimum absolute atomic E-state index is 0.145. The van der Waals surface area contributed by atoms with Crippen LogP contribution in [0.4, 0.5) is 10.1 Å². The van der Waals surface area contributed by atoms with Crippen molar-refractivity contribution in [3.05, 3.63) is 89.0 Å². The van der Waals surface area contributed by atoms with Crippen molar-refractivity contribution in [2.75, 3.05) is 12.4 Å². The van der Waals surface area contributed by atoms with Gasteiger partial charge in [-0.2, -0.15) is 0 Å². The van der Waals surface area contributed by atoms with Crippen LogP contribution in [0.5, 0.6) is 5.75 Å². The summed E-state index contributed by atoms with van der Waals surface area (Å²) in [6, 6.07) is 17.2. The number of halogens is 1. The molecule has 0 radical (unpaired) electrons. The van der Waals surface area contributed by atoms with Crippen molar-refractivity contribution in [3.8, 4) is 5.75 Å². The summed E-state index contributed by atoms with van der Waals surface area (Å²) in [5, 5.41) is 2.98. The second-order valence-corrected chi connectivity index (χ2v) is 8.02. The molecule has 0 saturated heterocycles. The quantitative estimate of drug-likeness (QED) is 0.433. The Labute approximate surface area is 186 Å². The number of nitrogens with zero attached hydrogens (tertiary/aromatic N) is 2. The molecule has 1 atom stereocenters. The number of anilines is 1. The van der Waals surface area contributed by atoms with Gasteiger partial charge < -0.3 is 14.6 Å². The number of aryl methyl sites for hydroxylation is 2. The van der Waals surface area contributed by atoms with E-state index in [1.165, 1.54) is 12.1 Å². The minimum atomic E-state index is -0.500. The van der Waals surface area contributed by atoms with E-state index in [1.807, 2.05) is 43.5 Å². The van der Waals surface area contributed by atoms with Gasteiger partial charge >= 0.3 is 0 Å². The second-order valence-electron chi connectivity index (χ2n) is 8.02. The van der Waals surface area contributed by atoms with E-state index in [0.29, 0.717) is 12.1 Å². The number of rotatable bonds is 6. The summed E-state index contributed by atoms with van der Waals surface area (Å²) < 4.78 is 20.5. The van der Waals surface area contributed by atoms with Gasteiger partial charge in [-0.3, -0.25) is 4.79 Å². The van der Waals surface area contributed by atoms with Crippen molar-refractivity contribution in [2.24, 2.45) is 0 Å². The summed E-state index contributed by atoms with van der Waals surface area (Å²) in [5.74, 6) is 1.06. The number of carbonyl (C=O) groups excluding carboxylic acids is 1. The van der Waals surface area contributed by atoms with E-state index < -0.39 is 6.04 Å². The van der Waals surface area contributed by atoms with Gasteiger partial charge in [0.1, 0.15) is 23.4 Å². The standard InChI is InChI=1S/C26H26FN3O2/c1-16-13-23-24(14-17(16)2)30(25(29-23)15-19-5-7-20(27)8-6-19)18(3)26(31)28-21-9-11-22(32-4)12-10-21/h5-14,18H,15H2,1-4H3,(H,28,31)/t18-/m0/s1. The Kier molecular flexibility index (Phi) is 5.95. The van der Waals surface area contributed by atoms with Gasteiger partial charge in [-0.1, -0.05) is 12.1 Å². The molecule has 4 aromatic rings. The van der Waals surface area contributed by atoms with Gasteiger partial charge in [0.05, 0.1) is 18.1 Å². The molecule has 1 heterocycles. The Morgan fingerprint density at radius 3 is 2.38 bits per heavy atom. The highest BCUT2D eigenvalue weighted by atomic mass is 19.1. The zero-order valence-electron chi connectivity index (χ0n) is 18.6. The number of imidazole rings is 1. The molecule has 0 unspecified atom stereocenters. The molecule has 1 aromatic heterocycles. The van der Waals surface area contributed by atoms with E-state index in [-0.39, 0.29) is 11.7 Å². The number of amides is 1. The van der Waals surface area contributed by atoms with E-state index in [0.717, 1.165) is 39.3 Å². The molecule has 1 amide bonds. The summed E-state index contributed by atoms with van der Waals surface area (Å²) in [4.78, 5) is 18.0. The first-order valence-corrected chi connectivity index (χ1v) is 10.5. The Hall–Kier alpha value is -3.67. The van der Waals surface area contributed by atoms with Crippen molar-refractivity contribution in [2.45, 2.75) is 33.2 Å². The number of benzene rings is 3. The lowest BCUT2D eigenvalue weighted by molar-refractivity contribution is -0.118. The van der Waals surface area contributed by atoms with Crippen LogP contribution in [-0.2, 0) is 11.2 Å². The molecule has 0 bridgehead atoms. The summed E-state index contributed by atoms with van der Waals surface area (Å²) in [5.41, 5.74) is 5.65. The molecule has 4 rings (SSSR count). The van der Waals surface area contributed by atoms with Gasteiger partial charge in [-0.05, 0) is 86.0 Å². The molecule has 5 nitrogen and oxygen atoms in total. The number of ether oxygens (including phenoxy) is 1. The summed E-state index contributed by atoms with van der Waals surface area (Å²) in [6.07, 6.45) is 0.493. The van der Waals surface area contributed by atoms with Crippen LogP contribution >= 0.6 is 0 Å². The highest BCUT2D eigenvalue weighted by molar-refractivity contribution is 5.95. The monoisotopic (exact) mass is 431 g/mol. The van der Waals surface area contributed by atoms with Gasteiger partial charge in [0.25, 0.3) is 0 Å². The SMILES string of the molecule is COc1ccc(NC(=O)[C@H](C)n2c(Cc3ccc(F)cc3)nc3cc(C)c(C)cc32)cc1. The zero-order chi connectivity index (χ0) is 22.8. The number of carbonyl (C=O) groups is 1. The van der Waals surface area contributed by atoms with Crippen LogP contribution in [0.2, 0.25) is 0 Å². The number of hydrogen-bond acceptors (Lipinski definition) is 3. The first-order chi connectivity index (χ1) is 15.4. The first-order valence-electron chi connectivity index (χ1n) is 10.5. The van der Waals surface area contributed by atoms with E-state index in [1.54, 1.807) is 31.4 Å². The highest BCUT2D eigenvalue weighted by Gasteiger charge is 2.22. The van der Waals surface area contributed by atoms with Crippen molar-refractivity contribution >= 4 is 22.6 Å². The Morgan fingerprint density at radius 1 is 1.06 bits per heavy atom. The van der Waals surface area contributed by atoms with Gasteiger partial charge in [-0.25, -0.2) is 9.37 Å². The van der Waals surface area contributed by atoms with Gasteiger partial charge in [0.15, 0.2) is 0 Å². The lowest BCUT2D eigenvalue weighted by Gasteiger charge is -2.18. The van der Waals surface area contributed by atoms with Crippen LogP contribution in [0, 0.1) is 19.7 Å². The third-order valence-electron chi connectivity index (χ3n) is 5.78. The number of aromatic nitrogens is 2. The molecule has 0 fully saturated rings. The molecule has 0 aliphatic rings. The van der Waals surface area contributed by atoms with E-state index >= 15 is 0 Å². The Morgan fingerprint density at radius 2 is 1.72 bits per heavy atom. The van der Waals surface area contributed by atoms with Crippen LogP contribution < -0.4 is 10.1 Å². The smallest absolute Gasteiger partial charge is 0.247 e. The maximum atomic E-state index is 13.4. The lowest BCUT2D eigenvalue weighted by atomic mass is 10.1. The number of fused-ring (bicyclic) bond motifs is 1. The topological polar surface area (TPSA) is 56.1 Å². The maximum Gasteiger partial charge on any atom is 0.247 e. The molecular formula is C26H26FN3O2. The summed E-state index contributed by atoms with van der Waals surface area (Å²) >= 11 is 0. The second kappa shape index (κ2) is 8.83. The zero-order valence-corrected chi connectivity index (χ0v) is 18.6. The van der Waals surface area contributed by atoms with E-state index in [2.05, 4.69) is 11.4 Å². The predicted molar refractivity (Wildman–Crippen MR) is 125 cm³/mol. The van der Waals surface area contributed by atoms with Crippen molar-refractivity contribution < 1.29 is 13.9 Å². The predicted octanol–water partition coefficient (Wildman–Crippen LogP) is 5.59. The Bertz CT molecular complexity index is 1260. The molecular weight excluding hydrogens is 405 g/mol. The molecule has 0 aliphatic heterocycles. The highest BCUT2D eigenvalue weighted by Crippen LogP contribution is 2.27. The van der Waals surface area contributed by atoms with Gasteiger partial charge in [0.2, 0.25) is 5.91 Å². The molecule has 32 heavy (non-hydrogen) atoms. The summed E-state index contributed by atoms with van der Waals surface area (Å²) in [7, 11) is 1.60. The van der Waals surface area contributed by atoms with Crippen LogP contribution in [-0.4, -0.2) is 22.6 Å². The largest absolute Gasteiger partial charge is 0.497 e. The van der Waals surface area contributed by atoms with Crippen LogP contribution in [0.15, 0.2) is 60.7 Å². The minimum Gasteiger partial charge on any atom is -0.497 e. The van der Waals surface area contributed by atoms with Gasteiger partial charge in [-0.15, -0.1) is 0 Å². The molecule has 1 N–H and O–H groups in total. The number of nitrogens with one attached hydrogen (secondary N) is 1. The molecule has 6 heteroatoms. The first kappa shape index (κ1) is 21.6. The summed E-state index contributed by atoms with van der Waals surface area (Å²) in [6.45, 7) is 5.96. The number of methoxy groups -OCH3 is 1. The molecule has 0 aliphatic carbocycles. The van der Waals surface area contributed by atoms with Crippen molar-refractivity contribution in [1.29, 1.82) is 0 Å². The molecule has 0 saturated carbocycles. The average molecular weight is 432 g/mol. The van der Waals surface area contributed by atoms with Crippen molar-refractivity contribution in [3.63, 3.8) is 0 Å².